The maximum atomic E-state index is 2.48. The number of benzene rings is 1. The maximum Gasteiger partial charge on any atom is 0.0251 e. The lowest BCUT2D eigenvalue weighted by atomic mass is 9.73. The highest BCUT2D eigenvalue weighted by Crippen LogP contribution is 2.39. The number of rotatable bonds is 0. The van der Waals surface area contributed by atoms with Gasteiger partial charge in [0.25, 0.3) is 0 Å². The molecule has 0 amide bonds. The van der Waals surface area contributed by atoms with Crippen LogP contribution in [0.15, 0.2) is 48.6 Å². The minimum Gasteiger partial charge on any atom is -0.377 e. The van der Waals surface area contributed by atoms with Crippen LogP contribution in [-0.4, -0.2) is 18.5 Å². The molecule has 1 fully saturated rings. The molecule has 0 bridgehead atoms. The summed E-state index contributed by atoms with van der Waals surface area (Å²) in [6.45, 7) is 1.20. The second kappa shape index (κ2) is 4.12. The first-order valence-electron chi connectivity index (χ1n) is 7.26. The zero-order valence-corrected chi connectivity index (χ0v) is 11.3. The monoisotopic (exact) mass is 249 g/mol. The topological polar surface area (TPSA) is 3.24 Å². The van der Waals surface area contributed by atoms with Crippen LogP contribution in [0.3, 0.4) is 0 Å². The van der Waals surface area contributed by atoms with Crippen molar-refractivity contribution >= 4 is 11.3 Å². The van der Waals surface area contributed by atoms with Crippen LogP contribution in [0.1, 0.15) is 12.8 Å². The Morgan fingerprint density at radius 2 is 1.95 bits per heavy atom. The summed E-state index contributed by atoms with van der Waals surface area (Å²) in [6.07, 6.45) is 11.7. The van der Waals surface area contributed by atoms with E-state index in [0.717, 1.165) is 0 Å². The van der Waals surface area contributed by atoms with Crippen molar-refractivity contribution in [2.45, 2.75) is 12.8 Å². The number of allylic oxidation sites excluding steroid dienone is 4. The zero-order chi connectivity index (χ0) is 12.8. The Kier molecular flexibility index (Phi) is 2.41. The third kappa shape index (κ3) is 1.54. The molecule has 2 aliphatic carbocycles. The predicted octanol–water partition coefficient (Wildman–Crippen LogP) is 2.04. The van der Waals surface area contributed by atoms with Gasteiger partial charge < -0.3 is 4.90 Å². The molecule has 2 unspecified atom stereocenters. The largest absolute Gasteiger partial charge is 0.377 e. The minimum atomic E-state index is 0.581. The van der Waals surface area contributed by atoms with E-state index in [4.69, 9.17) is 0 Å². The van der Waals surface area contributed by atoms with Crippen LogP contribution in [0.2, 0.25) is 0 Å². The fourth-order valence-corrected chi connectivity index (χ4v) is 3.98. The van der Waals surface area contributed by atoms with Gasteiger partial charge in [-0.1, -0.05) is 48.6 Å². The van der Waals surface area contributed by atoms with Gasteiger partial charge in [-0.25, -0.2) is 0 Å². The number of piperidine rings is 1. The summed E-state index contributed by atoms with van der Waals surface area (Å²) in [6, 6.07) is 8.93. The molecule has 0 saturated carbocycles. The molecule has 0 aromatic heterocycles. The molecule has 3 aliphatic rings. The number of hydrogen-bond acceptors (Lipinski definition) is 1. The second-order valence-corrected chi connectivity index (χ2v) is 5.83. The Balaban J connectivity index is 2.12. The van der Waals surface area contributed by atoms with E-state index < -0.39 is 0 Å². The average molecular weight is 249 g/mol. The third-order valence-electron chi connectivity index (χ3n) is 4.78. The highest BCUT2D eigenvalue weighted by molar-refractivity contribution is 5.71. The normalized spacial score (nSPS) is 27.9. The molecule has 96 valence electrons. The minimum absolute atomic E-state index is 0.581. The van der Waals surface area contributed by atoms with Crippen molar-refractivity contribution in [3.05, 3.63) is 59.0 Å². The van der Waals surface area contributed by atoms with Crippen molar-refractivity contribution in [1.82, 2.24) is 4.90 Å². The van der Waals surface area contributed by atoms with Crippen molar-refractivity contribution in [3.63, 3.8) is 0 Å². The van der Waals surface area contributed by atoms with Gasteiger partial charge >= 0.3 is 0 Å². The lowest BCUT2D eigenvalue weighted by Gasteiger charge is -2.41. The third-order valence-corrected chi connectivity index (χ3v) is 4.78. The van der Waals surface area contributed by atoms with E-state index in [-0.39, 0.29) is 0 Å². The lowest BCUT2D eigenvalue weighted by molar-refractivity contribution is 0.319. The highest BCUT2D eigenvalue weighted by atomic mass is 15.1. The average Bonchev–Trinajstić information content (AvgIpc) is 2.47. The predicted molar refractivity (Wildman–Crippen MR) is 79.6 cm³/mol. The molecule has 4 rings (SSSR count). The van der Waals surface area contributed by atoms with Crippen molar-refractivity contribution in [2.24, 2.45) is 11.8 Å². The van der Waals surface area contributed by atoms with Crippen LogP contribution in [0.5, 0.6) is 0 Å². The van der Waals surface area contributed by atoms with Crippen LogP contribution in [-0.2, 0) is 0 Å². The van der Waals surface area contributed by atoms with E-state index in [2.05, 4.69) is 60.5 Å². The molecule has 0 radical (unpaired) electrons. The van der Waals surface area contributed by atoms with E-state index in [9.17, 15) is 0 Å². The lowest BCUT2D eigenvalue weighted by Crippen LogP contribution is -2.46. The first-order valence-corrected chi connectivity index (χ1v) is 7.26. The van der Waals surface area contributed by atoms with E-state index in [1.807, 2.05) is 0 Å². The summed E-state index contributed by atoms with van der Waals surface area (Å²) in [4.78, 5) is 2.48. The first-order chi connectivity index (χ1) is 9.36. The Bertz CT molecular complexity index is 693. The Morgan fingerprint density at radius 3 is 2.84 bits per heavy atom. The van der Waals surface area contributed by atoms with Gasteiger partial charge in [0.1, 0.15) is 0 Å². The second-order valence-electron chi connectivity index (χ2n) is 5.83. The molecule has 1 heteroatoms. The first kappa shape index (κ1) is 11.1. The van der Waals surface area contributed by atoms with Crippen LogP contribution >= 0.6 is 0 Å². The molecule has 19 heavy (non-hydrogen) atoms. The van der Waals surface area contributed by atoms with Gasteiger partial charge in [-0.15, -0.1) is 0 Å². The van der Waals surface area contributed by atoms with E-state index in [1.165, 1.54) is 35.4 Å². The molecule has 1 heterocycles. The van der Waals surface area contributed by atoms with E-state index in [1.54, 1.807) is 5.70 Å². The number of hydrogen-bond donors (Lipinski definition) is 0. The van der Waals surface area contributed by atoms with Crippen LogP contribution in [0, 0.1) is 11.8 Å². The summed E-state index contributed by atoms with van der Waals surface area (Å²) in [7, 11) is 2.26. The van der Waals surface area contributed by atoms with Gasteiger partial charge in [-0.05, 0) is 23.6 Å². The van der Waals surface area contributed by atoms with Crippen molar-refractivity contribution in [2.75, 3.05) is 13.6 Å². The summed E-state index contributed by atoms with van der Waals surface area (Å²) in [5, 5.41) is 2.90. The van der Waals surface area contributed by atoms with Crippen LogP contribution < -0.4 is 10.4 Å². The van der Waals surface area contributed by atoms with Gasteiger partial charge in [0.05, 0.1) is 0 Å². The van der Waals surface area contributed by atoms with Crippen molar-refractivity contribution in [1.29, 1.82) is 0 Å². The molecular weight excluding hydrogens is 230 g/mol. The summed E-state index contributed by atoms with van der Waals surface area (Å²) < 4.78 is 0. The summed E-state index contributed by atoms with van der Waals surface area (Å²) >= 11 is 0. The smallest absolute Gasteiger partial charge is 0.0251 e. The zero-order valence-electron chi connectivity index (χ0n) is 11.3. The molecule has 1 aromatic carbocycles. The number of likely N-dealkylation sites (tertiary alicyclic amines) is 1. The van der Waals surface area contributed by atoms with Crippen molar-refractivity contribution in [3.8, 4) is 0 Å². The molecule has 1 nitrogen and oxygen atoms in total. The maximum absolute atomic E-state index is 2.48. The molecule has 0 spiro atoms. The Morgan fingerprint density at radius 1 is 1.11 bits per heavy atom. The molecule has 0 N–H and O–H groups in total. The Labute approximate surface area is 114 Å². The van der Waals surface area contributed by atoms with Crippen molar-refractivity contribution < 1.29 is 0 Å². The highest BCUT2D eigenvalue weighted by Gasteiger charge is 2.34. The molecule has 1 saturated heterocycles. The van der Waals surface area contributed by atoms with E-state index in [0.29, 0.717) is 11.8 Å². The van der Waals surface area contributed by atoms with Gasteiger partial charge in [-0.3, -0.25) is 0 Å². The Hall–Kier alpha value is -1.76. The standard InChI is InChI=1S/C18H19N/c1-19-12-6-11-17-15-8-3-2-7-13(15)14-9-4-5-10-16(14)18(17)19/h2-5,7-10,15,17H,6,11-12H2,1H3. The van der Waals surface area contributed by atoms with Gasteiger partial charge in [-0.2, -0.15) is 0 Å². The summed E-state index contributed by atoms with van der Waals surface area (Å²) in [5.74, 6) is 1.25. The number of fused-ring (bicyclic) bond motifs is 4. The molecule has 1 aliphatic heterocycles. The van der Waals surface area contributed by atoms with Crippen LogP contribution in [0.4, 0.5) is 0 Å². The van der Waals surface area contributed by atoms with Gasteiger partial charge in [0.15, 0.2) is 0 Å². The molecular formula is C18H19N. The SMILES string of the molecule is CN1CCCC2C1=c1ccccc1=C1C=CC=CC12. The summed E-state index contributed by atoms with van der Waals surface area (Å²) in [5.41, 5.74) is 3.08. The van der Waals surface area contributed by atoms with E-state index >= 15 is 0 Å². The van der Waals surface area contributed by atoms with Crippen LogP contribution in [0.25, 0.3) is 11.3 Å². The fourth-order valence-electron chi connectivity index (χ4n) is 3.98. The number of nitrogens with zero attached hydrogens (tertiary/aromatic N) is 1. The van der Waals surface area contributed by atoms with Gasteiger partial charge in [0, 0.05) is 36.3 Å². The molecule has 2 atom stereocenters. The molecule has 1 aromatic rings. The fraction of sp³-hybridized carbons (Fsp3) is 0.333. The quantitative estimate of drug-likeness (QED) is 0.680. The van der Waals surface area contributed by atoms with Gasteiger partial charge in [0.2, 0.25) is 0 Å².